The summed E-state index contributed by atoms with van der Waals surface area (Å²) in [6.45, 7) is 2.36. The van der Waals surface area contributed by atoms with Crippen LogP contribution in [0.3, 0.4) is 0 Å². The van der Waals surface area contributed by atoms with Crippen LogP contribution in [0.1, 0.15) is 12.0 Å². The molecule has 18 heavy (non-hydrogen) atoms. The first-order chi connectivity index (χ1) is 8.76. The molecule has 5 heteroatoms. The second-order valence-corrected chi connectivity index (χ2v) is 4.51. The zero-order valence-corrected chi connectivity index (χ0v) is 11.9. The predicted molar refractivity (Wildman–Crippen MR) is 71.7 cm³/mol. The lowest BCUT2D eigenvalue weighted by atomic mass is 10.2. The Morgan fingerprint density at radius 2 is 2.00 bits per heavy atom. The van der Waals surface area contributed by atoms with Gasteiger partial charge in [-0.2, -0.15) is 5.26 Å². The highest BCUT2D eigenvalue weighted by Crippen LogP contribution is 2.20. The summed E-state index contributed by atoms with van der Waals surface area (Å²) in [6, 6.07) is 7.35. The Morgan fingerprint density at radius 1 is 1.17 bits per heavy atom. The molecule has 0 aliphatic heterocycles. The maximum absolute atomic E-state index is 8.82. The summed E-state index contributed by atoms with van der Waals surface area (Å²) < 4.78 is 16.6. The molecule has 98 valence electrons. The number of nitriles is 1. The first-order valence-corrected chi connectivity index (χ1v) is 6.45. The van der Waals surface area contributed by atoms with Crippen molar-refractivity contribution in [3.8, 4) is 11.8 Å². The Bertz CT molecular complexity index is 404. The lowest BCUT2D eigenvalue weighted by Gasteiger charge is -2.07. The van der Waals surface area contributed by atoms with Gasteiger partial charge in [-0.15, -0.1) is 0 Å². The summed E-state index contributed by atoms with van der Waals surface area (Å²) in [7, 11) is 1.67. The van der Waals surface area contributed by atoms with Gasteiger partial charge in [0.2, 0.25) is 0 Å². The van der Waals surface area contributed by atoms with Crippen LogP contribution in [-0.4, -0.2) is 33.5 Å². The third kappa shape index (κ3) is 6.01. The van der Waals surface area contributed by atoms with Crippen LogP contribution in [0.15, 0.2) is 22.7 Å². The fourth-order valence-electron chi connectivity index (χ4n) is 1.34. The third-order valence-corrected chi connectivity index (χ3v) is 2.59. The van der Waals surface area contributed by atoms with E-state index in [4.69, 9.17) is 19.5 Å². The van der Waals surface area contributed by atoms with Crippen LogP contribution in [0.4, 0.5) is 0 Å². The van der Waals surface area contributed by atoms with Gasteiger partial charge in [-0.1, -0.05) is 15.9 Å². The summed E-state index contributed by atoms with van der Waals surface area (Å²) in [5.74, 6) is 0.668. The second-order valence-electron chi connectivity index (χ2n) is 3.59. The molecule has 0 bridgehead atoms. The smallest absolute Gasteiger partial charge is 0.121 e. The molecule has 1 aromatic carbocycles. The highest BCUT2D eigenvalue weighted by molar-refractivity contribution is 9.10. The quantitative estimate of drug-likeness (QED) is 0.692. The van der Waals surface area contributed by atoms with Crippen molar-refractivity contribution in [3.63, 3.8) is 0 Å². The summed E-state index contributed by atoms with van der Waals surface area (Å²) in [5.41, 5.74) is 0.570. The van der Waals surface area contributed by atoms with Gasteiger partial charge in [-0.05, 0) is 24.6 Å². The first kappa shape index (κ1) is 15.0. The Labute approximate surface area is 116 Å². The molecule has 0 aliphatic carbocycles. The van der Waals surface area contributed by atoms with Crippen LogP contribution in [0.5, 0.6) is 5.75 Å². The average Bonchev–Trinajstić information content (AvgIpc) is 2.37. The number of benzene rings is 1. The van der Waals surface area contributed by atoms with Gasteiger partial charge in [-0.25, -0.2) is 0 Å². The van der Waals surface area contributed by atoms with E-state index in [9.17, 15) is 0 Å². The summed E-state index contributed by atoms with van der Waals surface area (Å²) >= 11 is 3.33. The maximum Gasteiger partial charge on any atom is 0.121 e. The Kier molecular flexibility index (Phi) is 7.42. The molecule has 0 unspecified atom stereocenters. The fraction of sp³-hybridized carbons (Fsp3) is 0.462. The minimum Gasteiger partial charge on any atom is -0.491 e. The molecule has 1 aromatic rings. The topological polar surface area (TPSA) is 51.5 Å². The van der Waals surface area contributed by atoms with Gasteiger partial charge in [0.25, 0.3) is 0 Å². The van der Waals surface area contributed by atoms with Gasteiger partial charge >= 0.3 is 0 Å². The number of methoxy groups -OCH3 is 1. The monoisotopic (exact) mass is 313 g/mol. The lowest BCUT2D eigenvalue weighted by Crippen LogP contribution is -2.08. The molecule has 0 aromatic heterocycles. The van der Waals surface area contributed by atoms with Gasteiger partial charge in [0.05, 0.1) is 18.2 Å². The minimum absolute atomic E-state index is 0.467. The van der Waals surface area contributed by atoms with Crippen LogP contribution in [0, 0.1) is 11.3 Å². The van der Waals surface area contributed by atoms with E-state index in [1.54, 1.807) is 19.2 Å². The van der Waals surface area contributed by atoms with Crippen molar-refractivity contribution in [2.75, 3.05) is 33.5 Å². The van der Waals surface area contributed by atoms with Gasteiger partial charge in [0, 0.05) is 24.8 Å². The molecule has 4 nitrogen and oxygen atoms in total. The van der Waals surface area contributed by atoms with Gasteiger partial charge in [0.15, 0.2) is 0 Å². The van der Waals surface area contributed by atoms with Crippen molar-refractivity contribution in [2.24, 2.45) is 0 Å². The maximum atomic E-state index is 8.82. The van der Waals surface area contributed by atoms with Gasteiger partial charge in [-0.3, -0.25) is 0 Å². The zero-order chi connectivity index (χ0) is 13.2. The standard InChI is InChI=1S/C13H16BrNO3/c1-16-3-2-4-17-5-6-18-13-8-11(10-15)7-12(14)9-13/h7-9H,2-6H2,1H3. The molecular weight excluding hydrogens is 298 g/mol. The van der Waals surface area contributed by atoms with E-state index < -0.39 is 0 Å². The first-order valence-electron chi connectivity index (χ1n) is 5.66. The molecule has 0 saturated carbocycles. The minimum atomic E-state index is 0.467. The fourth-order valence-corrected chi connectivity index (χ4v) is 1.81. The third-order valence-electron chi connectivity index (χ3n) is 2.13. The van der Waals surface area contributed by atoms with E-state index in [0.717, 1.165) is 10.9 Å². The van der Waals surface area contributed by atoms with Gasteiger partial charge < -0.3 is 14.2 Å². The van der Waals surface area contributed by atoms with E-state index in [1.165, 1.54) is 0 Å². The Balaban J connectivity index is 2.23. The van der Waals surface area contributed by atoms with Crippen molar-refractivity contribution < 1.29 is 14.2 Å². The Hall–Kier alpha value is -1.09. The lowest BCUT2D eigenvalue weighted by molar-refractivity contribution is 0.0806. The van der Waals surface area contributed by atoms with Crippen molar-refractivity contribution in [3.05, 3.63) is 28.2 Å². The van der Waals surface area contributed by atoms with Crippen LogP contribution in [0.2, 0.25) is 0 Å². The van der Waals surface area contributed by atoms with E-state index >= 15 is 0 Å². The van der Waals surface area contributed by atoms with E-state index in [1.807, 2.05) is 6.07 Å². The van der Waals surface area contributed by atoms with Crippen molar-refractivity contribution in [2.45, 2.75) is 6.42 Å². The normalized spacial score (nSPS) is 10.1. The van der Waals surface area contributed by atoms with Crippen LogP contribution < -0.4 is 4.74 Å². The SMILES string of the molecule is COCCCOCCOc1cc(Br)cc(C#N)c1. The molecule has 0 atom stereocenters. The summed E-state index contributed by atoms with van der Waals surface area (Å²) in [6.07, 6.45) is 0.881. The average molecular weight is 314 g/mol. The van der Waals surface area contributed by atoms with Crippen LogP contribution >= 0.6 is 15.9 Å². The Morgan fingerprint density at radius 3 is 2.72 bits per heavy atom. The van der Waals surface area contributed by atoms with Gasteiger partial charge in [0.1, 0.15) is 12.4 Å². The molecular formula is C13H16BrNO3. The number of hydrogen-bond donors (Lipinski definition) is 0. The number of halogens is 1. The predicted octanol–water partition coefficient (Wildman–Crippen LogP) is 2.75. The molecule has 0 fully saturated rings. The molecule has 0 heterocycles. The number of rotatable bonds is 8. The van der Waals surface area contributed by atoms with Crippen LogP contribution in [0.25, 0.3) is 0 Å². The second kappa shape index (κ2) is 8.92. The highest BCUT2D eigenvalue weighted by atomic mass is 79.9. The van der Waals surface area contributed by atoms with Crippen molar-refractivity contribution in [1.82, 2.24) is 0 Å². The number of ether oxygens (including phenoxy) is 3. The molecule has 0 N–H and O–H groups in total. The zero-order valence-electron chi connectivity index (χ0n) is 10.3. The van der Waals surface area contributed by atoms with E-state index in [2.05, 4.69) is 22.0 Å². The molecule has 0 radical (unpaired) electrons. The molecule has 0 aliphatic rings. The summed E-state index contributed by atoms with van der Waals surface area (Å²) in [5, 5.41) is 8.82. The molecule has 1 rings (SSSR count). The number of nitrogens with zero attached hydrogens (tertiary/aromatic N) is 1. The van der Waals surface area contributed by atoms with E-state index in [-0.39, 0.29) is 0 Å². The highest BCUT2D eigenvalue weighted by Gasteiger charge is 2.00. The largest absolute Gasteiger partial charge is 0.491 e. The number of hydrogen-bond acceptors (Lipinski definition) is 4. The molecule has 0 amide bonds. The van der Waals surface area contributed by atoms with Crippen molar-refractivity contribution in [1.29, 1.82) is 5.26 Å². The van der Waals surface area contributed by atoms with E-state index in [0.29, 0.717) is 37.7 Å². The summed E-state index contributed by atoms with van der Waals surface area (Å²) in [4.78, 5) is 0. The van der Waals surface area contributed by atoms with Crippen LogP contribution in [-0.2, 0) is 9.47 Å². The molecule has 0 saturated heterocycles. The van der Waals surface area contributed by atoms with Crippen molar-refractivity contribution >= 4 is 15.9 Å². The molecule has 0 spiro atoms.